The zero-order chi connectivity index (χ0) is 50.2. The second-order valence-corrected chi connectivity index (χ2v) is 21.0. The van der Waals surface area contributed by atoms with Crippen LogP contribution in [0.1, 0.15) is 95.0 Å². The smallest absolute Gasteiger partial charge is 0.324 e. The minimum atomic E-state index is -1.05. The number of methoxy groups -OCH3 is 1. The van der Waals surface area contributed by atoms with Crippen molar-refractivity contribution in [2.75, 3.05) is 54.0 Å². The van der Waals surface area contributed by atoms with Crippen LogP contribution in [0.2, 0.25) is 0 Å². The van der Waals surface area contributed by atoms with Crippen molar-refractivity contribution in [2.24, 2.45) is 17.3 Å². The molecule has 0 aliphatic carbocycles. The van der Waals surface area contributed by atoms with Gasteiger partial charge in [0.05, 0.1) is 35.7 Å². The summed E-state index contributed by atoms with van der Waals surface area (Å²) in [6.07, 6.45) is 4.12. The molecule has 0 unspecified atom stereocenters. The van der Waals surface area contributed by atoms with Gasteiger partial charge in [-0.05, 0) is 111 Å². The third-order valence-corrected chi connectivity index (χ3v) is 14.9. The van der Waals surface area contributed by atoms with Crippen molar-refractivity contribution in [3.63, 3.8) is 0 Å². The maximum absolute atomic E-state index is 14.8. The maximum Gasteiger partial charge on any atom is 0.324 e. The number of hydrazine groups is 1. The molecule has 5 atom stereocenters. The second kappa shape index (κ2) is 27.4. The maximum atomic E-state index is 14.8. The summed E-state index contributed by atoms with van der Waals surface area (Å²) >= 11 is 0. The average molecular weight is 1130 g/mol. The first-order chi connectivity index (χ1) is 33.4. The molecule has 20 heteroatoms. The van der Waals surface area contributed by atoms with Gasteiger partial charge in [-0.2, -0.15) is 67.5 Å². The number of benzene rings is 2. The Morgan fingerprint density at radius 2 is 1.72 bits per heavy atom. The van der Waals surface area contributed by atoms with Gasteiger partial charge < -0.3 is 34.1 Å². The molecule has 75 heavy (non-hydrogen) atoms. The summed E-state index contributed by atoms with van der Waals surface area (Å²) < 4.78 is 14.6. The lowest BCUT2D eigenvalue weighted by Crippen LogP contribution is -2.62. The van der Waals surface area contributed by atoms with Gasteiger partial charge in [0, 0.05) is 81.7 Å². The number of aromatic nitrogens is 2. The monoisotopic (exact) mass is 1130 g/mol. The number of likely N-dealkylation sites (tertiary alicyclic amines) is 1. The normalized spacial score (nSPS) is 20.3. The molecule has 15 nitrogen and oxygen atoms in total. The number of carbonyl (C=O) groups is 5. The Bertz CT molecular complexity index is 2700. The summed E-state index contributed by atoms with van der Waals surface area (Å²) in [5, 5.41) is 5.62. The Balaban J connectivity index is 0.00000296. The molecule has 2 N–H and O–H groups in total. The predicted octanol–water partition coefficient (Wildman–Crippen LogP) is 6.82. The van der Waals surface area contributed by atoms with E-state index in [-0.39, 0.29) is 111 Å². The van der Waals surface area contributed by atoms with Crippen molar-refractivity contribution in [1.82, 2.24) is 40.0 Å². The highest BCUT2D eigenvalue weighted by atomic mass is 32.1. The van der Waals surface area contributed by atoms with E-state index in [9.17, 15) is 24.0 Å². The van der Waals surface area contributed by atoms with Crippen molar-refractivity contribution in [2.45, 2.75) is 117 Å². The fraction of sp³-hybridized carbons (Fsp3) is 0.527. The van der Waals surface area contributed by atoms with Crippen LogP contribution in [0.15, 0.2) is 61.2 Å². The van der Waals surface area contributed by atoms with Crippen molar-refractivity contribution in [3.8, 4) is 22.4 Å². The highest BCUT2D eigenvalue weighted by Crippen LogP contribution is 2.43. The molecule has 6 heterocycles. The Hall–Kier alpha value is -4.15. The van der Waals surface area contributed by atoms with Crippen LogP contribution in [-0.4, -0.2) is 131 Å². The minimum absolute atomic E-state index is 0. The Morgan fingerprint density at radius 1 is 1.00 bits per heavy atom. The van der Waals surface area contributed by atoms with Gasteiger partial charge in [-0.15, -0.1) is 0 Å². The van der Waals surface area contributed by atoms with Gasteiger partial charge in [0.25, 0.3) is 5.91 Å². The van der Waals surface area contributed by atoms with Crippen molar-refractivity contribution in [1.29, 1.82) is 0 Å². The Kier molecular flexibility index (Phi) is 23.8. The van der Waals surface area contributed by atoms with Crippen LogP contribution in [0.5, 0.6) is 0 Å². The van der Waals surface area contributed by atoms with E-state index in [2.05, 4.69) is 97.9 Å². The molecule has 4 amide bonds. The fourth-order valence-corrected chi connectivity index (χ4v) is 11.1. The van der Waals surface area contributed by atoms with E-state index in [0.717, 1.165) is 75.3 Å². The molecule has 0 saturated carbocycles. The van der Waals surface area contributed by atoms with E-state index >= 15 is 0 Å². The number of carbonyl (C=O) groups excluding carboxylic acids is 5. The van der Waals surface area contributed by atoms with E-state index in [1.165, 1.54) is 21.5 Å². The van der Waals surface area contributed by atoms with Crippen LogP contribution in [0.3, 0.4) is 0 Å². The molecule has 4 aliphatic rings. The number of ether oxygens (including phenoxy) is 2. The molecule has 414 valence electrons. The number of hydrogen-bond donors (Lipinski definition) is 2. The first-order valence-electron chi connectivity index (χ1n) is 25.1. The zero-order valence-corrected chi connectivity index (χ0v) is 50.1. The Labute approximate surface area is 478 Å². The topological polar surface area (TPSA) is 159 Å². The predicted molar refractivity (Wildman–Crippen MR) is 322 cm³/mol. The first-order valence-corrected chi connectivity index (χ1v) is 25.1. The summed E-state index contributed by atoms with van der Waals surface area (Å²) in [5.74, 6) is -2.55. The lowest BCUT2D eigenvalue weighted by Gasteiger charge is -2.37. The number of fused-ring (bicyclic) bond motifs is 7. The van der Waals surface area contributed by atoms with Gasteiger partial charge in [-0.25, -0.2) is 5.43 Å². The van der Waals surface area contributed by atoms with E-state index in [1.807, 2.05) is 26.0 Å². The largest absolute Gasteiger partial charge is 0.464 e. The molecule has 0 spiro atoms. The van der Waals surface area contributed by atoms with Gasteiger partial charge >= 0.3 is 5.97 Å². The highest BCUT2D eigenvalue weighted by Gasteiger charge is 2.40. The fourth-order valence-electron chi connectivity index (χ4n) is 11.1. The van der Waals surface area contributed by atoms with Gasteiger partial charge in [0.1, 0.15) is 18.1 Å². The van der Waals surface area contributed by atoms with E-state index in [4.69, 9.17) is 14.5 Å². The summed E-state index contributed by atoms with van der Waals surface area (Å²) in [4.78, 5) is 80.4. The van der Waals surface area contributed by atoms with Crippen LogP contribution in [-0.2, 0) is 65.8 Å². The summed E-state index contributed by atoms with van der Waals surface area (Å²) in [7, 11) is 5.47. The number of likely N-dealkylation sites (N-methyl/N-ethyl adjacent to an activating group) is 2. The second-order valence-electron chi connectivity index (χ2n) is 21.0. The van der Waals surface area contributed by atoms with Gasteiger partial charge in [0.2, 0.25) is 17.7 Å². The third-order valence-electron chi connectivity index (χ3n) is 14.9. The Morgan fingerprint density at radius 3 is 2.40 bits per heavy atom. The summed E-state index contributed by atoms with van der Waals surface area (Å²) in [5.41, 5.74) is 13.0. The number of esters is 1. The molecule has 8 rings (SSSR count). The first kappa shape index (κ1) is 65.1. The number of amides is 4. The van der Waals surface area contributed by atoms with Crippen LogP contribution in [0, 0.1) is 17.3 Å². The lowest BCUT2D eigenvalue weighted by molar-refractivity contribution is -0.155. The molecular formula is C55H82N8O7S5. The van der Waals surface area contributed by atoms with E-state index < -0.39 is 47.2 Å². The van der Waals surface area contributed by atoms with Gasteiger partial charge in [0.15, 0.2) is 0 Å². The quantitative estimate of drug-likeness (QED) is 0.128. The molecular weight excluding hydrogens is 1040 g/mol. The molecule has 2 aromatic carbocycles. The highest BCUT2D eigenvalue weighted by molar-refractivity contribution is 7.60. The number of pyridine rings is 1. The SMILES string of the molecule is C=CC(=O)N1CC[C@H](C(=O)N(C)[C@H](C(=O)N[C@H]2Cc3cccc(c3)-c3ccc4c(c3)c(c(-c3cc5c(nc3[C@H](C)OC)CN(C)CC5)n4CC)CC(C)(C)COC(=O)[C@@H]3CCCN(N3)C2=O)C(C)C)C1.S.S.S.S.S. The number of nitrogens with zero attached hydrogens (tertiary/aromatic N) is 6. The lowest BCUT2D eigenvalue weighted by atomic mass is 9.83. The van der Waals surface area contributed by atoms with Crippen LogP contribution >= 0.6 is 67.5 Å². The minimum Gasteiger partial charge on any atom is -0.464 e. The van der Waals surface area contributed by atoms with Crippen LogP contribution < -0.4 is 10.7 Å². The van der Waals surface area contributed by atoms with Gasteiger partial charge in [-0.3, -0.25) is 34.0 Å². The van der Waals surface area contributed by atoms with Crippen molar-refractivity contribution < 1.29 is 33.4 Å². The average Bonchev–Trinajstić information content (AvgIpc) is 3.96. The molecule has 2 saturated heterocycles. The molecule has 0 radical (unpaired) electrons. The number of cyclic esters (lactones) is 1. The van der Waals surface area contributed by atoms with Crippen molar-refractivity contribution >= 4 is 108 Å². The number of nitrogens with one attached hydrogen (secondary N) is 2. The van der Waals surface area contributed by atoms with Crippen LogP contribution in [0.25, 0.3) is 33.3 Å². The summed E-state index contributed by atoms with van der Waals surface area (Å²) in [6.45, 7) is 19.4. The van der Waals surface area contributed by atoms with Gasteiger partial charge in [-0.1, -0.05) is 64.6 Å². The van der Waals surface area contributed by atoms with Crippen molar-refractivity contribution in [3.05, 3.63) is 89.3 Å². The standard InChI is InChI=1S/C55H72N8O7.5H2S/c1-11-47(64)61-24-21-39(30-61)52(66)60(9)49(33(3)4)51(65)57-44-26-35-15-13-16-36(25-35)37-18-19-46-40(27-37)42(29-55(6,7)32-70-54(68)43-17-14-22-63(58-43)53(44)67)50(62(46)12-2)41-28-38-20-23-59(8)31-45(38)56-48(41)34(5)69-10;;;;;/h11,13,15-16,18-19,25,27-28,33-34,39,43-44,49,58H,1,12,14,17,20-24,26,29-32H2,2-10H3,(H,57,65);5*1H2/t34-,39-,43-,44-,49-;;;;;/m0...../s1. The summed E-state index contributed by atoms with van der Waals surface area (Å²) in [6, 6.07) is 14.3. The van der Waals surface area contributed by atoms with E-state index in [1.54, 1.807) is 19.1 Å². The molecule has 4 aliphatic heterocycles. The molecule has 2 aromatic heterocycles. The van der Waals surface area contributed by atoms with Crippen LogP contribution in [0.4, 0.5) is 0 Å². The zero-order valence-electron chi connectivity index (χ0n) is 45.1. The number of hydrogen-bond acceptors (Lipinski definition) is 10. The molecule has 2 fully saturated rings. The number of rotatable bonds is 10. The third kappa shape index (κ3) is 13.9. The number of aryl methyl sites for hydroxylation is 1. The molecule has 4 aromatic rings. The molecule has 6 bridgehead atoms. The van der Waals surface area contributed by atoms with E-state index in [0.29, 0.717) is 45.3 Å².